The number of nitrogens with zero attached hydrogens (tertiary/aromatic N) is 1. The van der Waals surface area contributed by atoms with Crippen molar-refractivity contribution in [2.24, 2.45) is 0 Å². The number of halogens is 1. The van der Waals surface area contributed by atoms with E-state index in [9.17, 15) is 14.7 Å². The van der Waals surface area contributed by atoms with E-state index < -0.39 is 17.7 Å². The molecule has 3 rings (SSSR count). The van der Waals surface area contributed by atoms with E-state index in [4.69, 9.17) is 16.3 Å². The van der Waals surface area contributed by atoms with Crippen LogP contribution in [0.25, 0.3) is 5.76 Å². The number of hydrogen-bond acceptors (Lipinski definition) is 4. The SMILES string of the molecule is CCCCCCCCCCCCN1C(=O)C(=O)/C(=C(\O)c2ccc(OC)cc2)C1c1ccccc1Cl. The minimum absolute atomic E-state index is 0.0744. The van der Waals surface area contributed by atoms with Crippen LogP contribution in [0.1, 0.15) is 88.3 Å². The predicted octanol–water partition coefficient (Wildman–Crippen LogP) is 7.69. The van der Waals surface area contributed by atoms with E-state index in [0.29, 0.717) is 28.4 Å². The molecule has 1 atom stereocenters. The van der Waals surface area contributed by atoms with Gasteiger partial charge >= 0.3 is 0 Å². The molecule has 1 unspecified atom stereocenters. The van der Waals surface area contributed by atoms with E-state index in [1.807, 2.05) is 18.2 Å². The highest BCUT2D eigenvalue weighted by Crippen LogP contribution is 2.42. The van der Waals surface area contributed by atoms with Gasteiger partial charge in [-0.1, -0.05) is 94.5 Å². The Labute approximate surface area is 220 Å². The third-order valence-electron chi connectivity index (χ3n) is 6.86. The molecule has 0 aliphatic carbocycles. The van der Waals surface area contributed by atoms with Crippen LogP contribution >= 0.6 is 11.6 Å². The van der Waals surface area contributed by atoms with Crippen LogP contribution < -0.4 is 4.74 Å². The average Bonchev–Trinajstić information content (AvgIpc) is 3.14. The molecule has 1 N–H and O–H groups in total. The second-order valence-electron chi connectivity index (χ2n) is 9.42. The van der Waals surface area contributed by atoms with Crippen molar-refractivity contribution in [3.8, 4) is 5.75 Å². The Morgan fingerprint density at radius 1 is 0.889 bits per heavy atom. The summed E-state index contributed by atoms with van der Waals surface area (Å²) in [6.07, 6.45) is 11.8. The number of ketones is 1. The normalized spacial score (nSPS) is 17.1. The summed E-state index contributed by atoms with van der Waals surface area (Å²) in [6.45, 7) is 2.67. The van der Waals surface area contributed by atoms with Gasteiger partial charge in [0.1, 0.15) is 11.5 Å². The van der Waals surface area contributed by atoms with E-state index in [0.717, 1.165) is 19.3 Å². The van der Waals surface area contributed by atoms with Crippen molar-refractivity contribution < 1.29 is 19.4 Å². The predicted molar refractivity (Wildman–Crippen MR) is 145 cm³/mol. The lowest BCUT2D eigenvalue weighted by Gasteiger charge is -2.26. The maximum absolute atomic E-state index is 13.2. The lowest BCUT2D eigenvalue weighted by atomic mass is 9.95. The second-order valence-corrected chi connectivity index (χ2v) is 9.83. The molecule has 1 heterocycles. The molecule has 1 amide bonds. The van der Waals surface area contributed by atoms with Crippen LogP contribution in [-0.2, 0) is 9.59 Å². The summed E-state index contributed by atoms with van der Waals surface area (Å²) in [6, 6.07) is 13.2. The Kier molecular flexibility index (Phi) is 10.9. The summed E-state index contributed by atoms with van der Waals surface area (Å²) in [4.78, 5) is 27.8. The number of unbranched alkanes of at least 4 members (excludes halogenated alkanes) is 9. The zero-order chi connectivity index (χ0) is 25.9. The number of amides is 1. The zero-order valence-corrected chi connectivity index (χ0v) is 22.2. The van der Waals surface area contributed by atoms with Gasteiger partial charge in [0.2, 0.25) is 0 Å². The Hall–Kier alpha value is -2.79. The van der Waals surface area contributed by atoms with Crippen molar-refractivity contribution >= 4 is 29.1 Å². The third-order valence-corrected chi connectivity index (χ3v) is 7.20. The topological polar surface area (TPSA) is 66.8 Å². The number of benzene rings is 2. The number of aliphatic hydroxyl groups is 1. The van der Waals surface area contributed by atoms with Crippen LogP contribution in [0.3, 0.4) is 0 Å². The monoisotopic (exact) mass is 511 g/mol. The first-order valence-electron chi connectivity index (χ1n) is 13.2. The molecular formula is C30H38ClNO4. The second kappa shape index (κ2) is 14.1. The van der Waals surface area contributed by atoms with Crippen molar-refractivity contribution in [1.82, 2.24) is 4.90 Å². The molecule has 1 aliphatic rings. The van der Waals surface area contributed by atoms with Gasteiger partial charge in [-0.15, -0.1) is 0 Å². The summed E-state index contributed by atoms with van der Waals surface area (Å²) in [5.41, 5.74) is 1.16. The summed E-state index contributed by atoms with van der Waals surface area (Å²) < 4.78 is 5.19. The average molecular weight is 512 g/mol. The fraction of sp³-hybridized carbons (Fsp3) is 0.467. The smallest absolute Gasteiger partial charge is 0.295 e. The first kappa shape index (κ1) is 27.8. The molecule has 1 aliphatic heterocycles. The van der Waals surface area contributed by atoms with E-state index in [1.165, 1.54) is 44.9 Å². The van der Waals surface area contributed by atoms with Gasteiger partial charge in [0, 0.05) is 17.1 Å². The van der Waals surface area contributed by atoms with Gasteiger partial charge in [-0.2, -0.15) is 0 Å². The van der Waals surface area contributed by atoms with Crippen LogP contribution in [0, 0.1) is 0 Å². The number of hydrogen-bond donors (Lipinski definition) is 1. The molecule has 36 heavy (non-hydrogen) atoms. The Morgan fingerprint density at radius 3 is 2.06 bits per heavy atom. The Morgan fingerprint density at radius 2 is 1.47 bits per heavy atom. The zero-order valence-electron chi connectivity index (χ0n) is 21.5. The number of ether oxygens (including phenoxy) is 1. The van der Waals surface area contributed by atoms with E-state index in [-0.39, 0.29) is 11.3 Å². The van der Waals surface area contributed by atoms with Crippen LogP contribution in [0.5, 0.6) is 5.75 Å². The molecule has 1 fully saturated rings. The minimum atomic E-state index is -0.723. The number of methoxy groups -OCH3 is 1. The summed E-state index contributed by atoms with van der Waals surface area (Å²) in [5, 5.41) is 11.6. The van der Waals surface area contributed by atoms with Gasteiger partial charge < -0.3 is 14.7 Å². The van der Waals surface area contributed by atoms with Gasteiger partial charge in [0.15, 0.2) is 0 Å². The first-order valence-corrected chi connectivity index (χ1v) is 13.5. The molecule has 194 valence electrons. The summed E-state index contributed by atoms with van der Waals surface area (Å²) in [5.74, 6) is -0.840. The maximum atomic E-state index is 13.2. The molecular weight excluding hydrogens is 474 g/mol. The van der Waals surface area contributed by atoms with Crippen molar-refractivity contribution in [3.05, 3.63) is 70.3 Å². The number of rotatable bonds is 14. The molecule has 0 spiro atoms. The van der Waals surface area contributed by atoms with Gasteiger partial charge in [-0.05, 0) is 42.3 Å². The molecule has 0 saturated carbocycles. The van der Waals surface area contributed by atoms with Gasteiger partial charge in [-0.3, -0.25) is 9.59 Å². The summed E-state index contributed by atoms with van der Waals surface area (Å²) in [7, 11) is 1.56. The van der Waals surface area contributed by atoms with Crippen LogP contribution in [0.4, 0.5) is 0 Å². The molecule has 0 bridgehead atoms. The van der Waals surface area contributed by atoms with Crippen molar-refractivity contribution in [3.63, 3.8) is 0 Å². The molecule has 0 radical (unpaired) electrons. The van der Waals surface area contributed by atoms with Crippen molar-refractivity contribution in [2.75, 3.05) is 13.7 Å². The Balaban J connectivity index is 1.74. The molecule has 5 nitrogen and oxygen atoms in total. The number of carbonyl (C=O) groups excluding carboxylic acids is 2. The molecule has 1 saturated heterocycles. The highest BCUT2D eigenvalue weighted by atomic mass is 35.5. The van der Waals surface area contributed by atoms with Crippen LogP contribution in [-0.4, -0.2) is 35.4 Å². The molecule has 2 aromatic rings. The lowest BCUT2D eigenvalue weighted by molar-refractivity contribution is -0.139. The lowest BCUT2D eigenvalue weighted by Crippen LogP contribution is -2.30. The van der Waals surface area contributed by atoms with Gasteiger partial charge in [0.25, 0.3) is 11.7 Å². The minimum Gasteiger partial charge on any atom is -0.507 e. The fourth-order valence-electron chi connectivity index (χ4n) is 4.80. The number of likely N-dealkylation sites (tertiary alicyclic amines) is 1. The Bertz CT molecular complexity index is 1050. The fourth-order valence-corrected chi connectivity index (χ4v) is 5.04. The third kappa shape index (κ3) is 6.91. The highest BCUT2D eigenvalue weighted by Gasteiger charge is 2.46. The number of Topliss-reactive ketones (excluding diaryl/α,β-unsaturated/α-hetero) is 1. The van der Waals surface area contributed by atoms with E-state index in [1.54, 1.807) is 42.3 Å². The molecule has 2 aromatic carbocycles. The molecule has 0 aromatic heterocycles. The maximum Gasteiger partial charge on any atom is 0.295 e. The van der Waals surface area contributed by atoms with Crippen LogP contribution in [0.15, 0.2) is 54.1 Å². The standard InChI is InChI=1S/C30H38ClNO4/c1-3-4-5-6-7-8-9-10-11-14-21-32-27(24-15-12-13-16-25(24)31)26(29(34)30(32)35)28(33)22-17-19-23(36-2)20-18-22/h12-13,15-20,27,33H,3-11,14,21H2,1-2H3/b28-26-. The van der Waals surface area contributed by atoms with Gasteiger partial charge in [-0.25, -0.2) is 0 Å². The van der Waals surface area contributed by atoms with E-state index >= 15 is 0 Å². The van der Waals surface area contributed by atoms with Crippen LogP contribution in [0.2, 0.25) is 5.02 Å². The largest absolute Gasteiger partial charge is 0.507 e. The van der Waals surface area contributed by atoms with Crippen molar-refractivity contribution in [2.45, 2.75) is 77.2 Å². The summed E-state index contributed by atoms with van der Waals surface area (Å²) >= 11 is 6.51. The number of carbonyl (C=O) groups is 2. The molecule has 6 heteroatoms. The quantitative estimate of drug-likeness (QED) is 0.122. The number of aliphatic hydroxyl groups excluding tert-OH is 1. The highest BCUT2D eigenvalue weighted by molar-refractivity contribution is 6.47. The first-order chi connectivity index (χ1) is 17.5. The van der Waals surface area contributed by atoms with E-state index in [2.05, 4.69) is 6.92 Å². The van der Waals surface area contributed by atoms with Crippen molar-refractivity contribution in [1.29, 1.82) is 0 Å². The van der Waals surface area contributed by atoms with Gasteiger partial charge in [0.05, 0.1) is 18.7 Å².